The average molecular weight is 512 g/mol. The SMILES string of the molecule is Cc1cc(C)c(C=Cc2onc(C)c2S(=O)(=O)N2CCC(C(=O)Nc3ccccc3F)CC2)c(C)c1. The highest BCUT2D eigenvalue weighted by Crippen LogP contribution is 2.30. The van der Waals surface area contributed by atoms with Crippen molar-refractivity contribution in [2.24, 2.45) is 5.92 Å². The number of halogens is 1. The number of para-hydroxylation sites is 1. The molecule has 0 bridgehead atoms. The molecule has 4 rings (SSSR count). The summed E-state index contributed by atoms with van der Waals surface area (Å²) in [6, 6.07) is 10.1. The molecule has 1 N–H and O–H groups in total. The number of rotatable bonds is 6. The second-order valence-corrected chi connectivity index (χ2v) is 11.1. The molecule has 3 aromatic rings. The average Bonchev–Trinajstić information content (AvgIpc) is 3.21. The van der Waals surface area contributed by atoms with Gasteiger partial charge in [0.05, 0.1) is 5.69 Å². The quantitative estimate of drug-likeness (QED) is 0.488. The summed E-state index contributed by atoms with van der Waals surface area (Å²) in [6.07, 6.45) is 4.15. The molecule has 36 heavy (non-hydrogen) atoms. The number of carbonyl (C=O) groups excluding carboxylic acids is 1. The zero-order chi connectivity index (χ0) is 26.0. The van der Waals surface area contributed by atoms with E-state index in [-0.39, 0.29) is 41.0 Å². The van der Waals surface area contributed by atoms with Gasteiger partial charge in [-0.25, -0.2) is 12.8 Å². The third-order valence-electron chi connectivity index (χ3n) is 6.53. The molecule has 2 aromatic carbocycles. The molecule has 2 heterocycles. The number of aryl methyl sites for hydroxylation is 4. The topological polar surface area (TPSA) is 92.5 Å². The van der Waals surface area contributed by atoms with E-state index in [1.807, 2.05) is 26.8 Å². The summed E-state index contributed by atoms with van der Waals surface area (Å²) < 4.78 is 47.7. The number of piperidine rings is 1. The van der Waals surface area contributed by atoms with Crippen LogP contribution in [0.25, 0.3) is 12.2 Å². The molecule has 9 heteroatoms. The van der Waals surface area contributed by atoms with Crippen molar-refractivity contribution in [1.82, 2.24) is 9.46 Å². The van der Waals surface area contributed by atoms with Gasteiger partial charge in [0.2, 0.25) is 15.9 Å². The Balaban J connectivity index is 1.49. The highest BCUT2D eigenvalue weighted by molar-refractivity contribution is 7.89. The summed E-state index contributed by atoms with van der Waals surface area (Å²) in [5.74, 6) is -1.06. The van der Waals surface area contributed by atoms with E-state index in [0.717, 1.165) is 22.3 Å². The molecule has 0 spiro atoms. The van der Waals surface area contributed by atoms with Crippen LogP contribution in [0.1, 0.15) is 46.5 Å². The van der Waals surface area contributed by atoms with E-state index in [4.69, 9.17) is 4.52 Å². The summed E-state index contributed by atoms with van der Waals surface area (Å²) in [6.45, 7) is 7.99. The van der Waals surface area contributed by atoms with E-state index in [9.17, 15) is 17.6 Å². The second kappa shape index (κ2) is 10.4. The molecule has 0 saturated carbocycles. The van der Waals surface area contributed by atoms with Gasteiger partial charge >= 0.3 is 0 Å². The monoisotopic (exact) mass is 511 g/mol. The van der Waals surface area contributed by atoms with E-state index in [2.05, 4.69) is 22.6 Å². The third-order valence-corrected chi connectivity index (χ3v) is 8.58. The Labute approximate surface area is 211 Å². The minimum absolute atomic E-state index is 0.0374. The number of benzene rings is 2. The van der Waals surface area contributed by atoms with Crippen molar-refractivity contribution in [1.29, 1.82) is 0 Å². The van der Waals surface area contributed by atoms with Gasteiger partial charge in [-0.2, -0.15) is 4.31 Å². The van der Waals surface area contributed by atoms with Crippen molar-refractivity contribution in [2.75, 3.05) is 18.4 Å². The number of hydrogen-bond acceptors (Lipinski definition) is 5. The van der Waals surface area contributed by atoms with Gasteiger partial charge in [0, 0.05) is 19.0 Å². The lowest BCUT2D eigenvalue weighted by atomic mass is 9.97. The normalized spacial score (nSPS) is 15.5. The Morgan fingerprint density at radius 3 is 2.36 bits per heavy atom. The Hall–Kier alpha value is -3.30. The maximum atomic E-state index is 13.9. The van der Waals surface area contributed by atoms with Gasteiger partial charge in [-0.1, -0.05) is 41.1 Å². The maximum Gasteiger partial charge on any atom is 0.248 e. The molecule has 1 aliphatic rings. The Morgan fingerprint density at radius 1 is 1.08 bits per heavy atom. The predicted molar refractivity (Wildman–Crippen MR) is 137 cm³/mol. The molecule has 7 nitrogen and oxygen atoms in total. The van der Waals surface area contributed by atoms with Gasteiger partial charge in [-0.3, -0.25) is 4.79 Å². The summed E-state index contributed by atoms with van der Waals surface area (Å²) in [5.41, 5.74) is 4.73. The van der Waals surface area contributed by atoms with Crippen molar-refractivity contribution in [3.63, 3.8) is 0 Å². The number of amides is 1. The minimum Gasteiger partial charge on any atom is -0.355 e. The van der Waals surface area contributed by atoms with E-state index in [1.54, 1.807) is 25.1 Å². The highest BCUT2D eigenvalue weighted by Gasteiger charge is 2.36. The summed E-state index contributed by atoms with van der Waals surface area (Å²) in [5, 5.41) is 6.52. The van der Waals surface area contributed by atoms with Crippen molar-refractivity contribution in [3.05, 3.63) is 75.9 Å². The summed E-state index contributed by atoms with van der Waals surface area (Å²) >= 11 is 0. The number of sulfonamides is 1. The largest absolute Gasteiger partial charge is 0.355 e. The van der Waals surface area contributed by atoms with E-state index in [1.165, 1.54) is 16.4 Å². The van der Waals surface area contributed by atoms with Crippen molar-refractivity contribution >= 4 is 33.8 Å². The number of anilines is 1. The fourth-order valence-corrected chi connectivity index (χ4v) is 6.42. The second-order valence-electron chi connectivity index (χ2n) is 9.25. The number of aromatic nitrogens is 1. The number of nitrogens with one attached hydrogen (secondary N) is 1. The lowest BCUT2D eigenvalue weighted by molar-refractivity contribution is -0.120. The van der Waals surface area contributed by atoms with E-state index < -0.39 is 21.8 Å². The molecule has 1 fully saturated rings. The first kappa shape index (κ1) is 25.8. The van der Waals surface area contributed by atoms with Crippen LogP contribution < -0.4 is 5.32 Å². The van der Waals surface area contributed by atoms with Crippen LogP contribution in [0.4, 0.5) is 10.1 Å². The smallest absolute Gasteiger partial charge is 0.248 e. The first-order chi connectivity index (χ1) is 17.1. The molecule has 0 aliphatic carbocycles. The molecule has 0 atom stereocenters. The number of hydrogen-bond donors (Lipinski definition) is 1. The van der Waals surface area contributed by atoms with Crippen LogP contribution in [0.5, 0.6) is 0 Å². The number of carbonyl (C=O) groups is 1. The fourth-order valence-electron chi connectivity index (χ4n) is 4.70. The first-order valence-electron chi connectivity index (χ1n) is 11.9. The lowest BCUT2D eigenvalue weighted by Crippen LogP contribution is -2.41. The Bertz CT molecular complexity index is 1400. The minimum atomic E-state index is -3.89. The fraction of sp³-hybridized carbons (Fsp3) is 0.333. The van der Waals surface area contributed by atoms with Gasteiger partial charge in [0.1, 0.15) is 11.5 Å². The molecule has 0 radical (unpaired) electrons. The predicted octanol–water partition coefficient (Wildman–Crippen LogP) is 5.26. The standard InChI is InChI=1S/C27H30FN3O4S/c1-17-15-18(2)22(19(3)16-17)9-10-25-26(20(4)30-35-25)36(33,34)31-13-11-21(12-14-31)27(32)29-24-8-6-5-7-23(24)28/h5-10,15-16,21H,11-14H2,1-4H3,(H,29,32). The van der Waals surface area contributed by atoms with Crippen LogP contribution in [0, 0.1) is 39.4 Å². The summed E-state index contributed by atoms with van der Waals surface area (Å²) in [4.78, 5) is 12.7. The third kappa shape index (κ3) is 5.27. The Morgan fingerprint density at radius 2 is 1.72 bits per heavy atom. The number of nitrogens with zero attached hydrogens (tertiary/aromatic N) is 2. The maximum absolute atomic E-state index is 13.9. The molecular weight excluding hydrogens is 481 g/mol. The van der Waals surface area contributed by atoms with Crippen molar-refractivity contribution in [3.8, 4) is 0 Å². The molecule has 190 valence electrons. The molecule has 1 aliphatic heterocycles. The van der Waals surface area contributed by atoms with Crippen LogP contribution in [0.15, 0.2) is 45.8 Å². The van der Waals surface area contributed by atoms with Crippen LogP contribution in [0.2, 0.25) is 0 Å². The highest BCUT2D eigenvalue weighted by atomic mass is 32.2. The Kier molecular flexibility index (Phi) is 7.42. The van der Waals surface area contributed by atoms with Gasteiger partial charge in [0.25, 0.3) is 0 Å². The van der Waals surface area contributed by atoms with Gasteiger partial charge < -0.3 is 9.84 Å². The molecule has 0 unspecified atom stereocenters. The van der Waals surface area contributed by atoms with Crippen LogP contribution >= 0.6 is 0 Å². The van der Waals surface area contributed by atoms with E-state index in [0.29, 0.717) is 12.8 Å². The zero-order valence-corrected chi connectivity index (χ0v) is 21.7. The van der Waals surface area contributed by atoms with Crippen LogP contribution in [0.3, 0.4) is 0 Å². The molecular formula is C27H30FN3O4S. The first-order valence-corrected chi connectivity index (χ1v) is 13.3. The van der Waals surface area contributed by atoms with Gasteiger partial charge in [-0.15, -0.1) is 0 Å². The lowest BCUT2D eigenvalue weighted by Gasteiger charge is -2.30. The van der Waals surface area contributed by atoms with Crippen LogP contribution in [-0.2, 0) is 14.8 Å². The zero-order valence-electron chi connectivity index (χ0n) is 20.8. The molecule has 1 saturated heterocycles. The van der Waals surface area contributed by atoms with Crippen LogP contribution in [-0.4, -0.2) is 36.9 Å². The van der Waals surface area contributed by atoms with Crippen molar-refractivity contribution in [2.45, 2.75) is 45.4 Å². The van der Waals surface area contributed by atoms with Gasteiger partial charge in [0.15, 0.2) is 10.7 Å². The van der Waals surface area contributed by atoms with Crippen molar-refractivity contribution < 1.29 is 22.1 Å². The molecule has 1 amide bonds. The van der Waals surface area contributed by atoms with E-state index >= 15 is 0 Å². The molecule has 1 aromatic heterocycles. The van der Waals surface area contributed by atoms with Gasteiger partial charge in [-0.05, 0) is 75.4 Å². The summed E-state index contributed by atoms with van der Waals surface area (Å²) in [7, 11) is -3.89.